The number of ether oxygens (including phenoxy) is 1. The topological polar surface area (TPSA) is 63.6 Å². The van der Waals surface area contributed by atoms with Gasteiger partial charge in [-0.3, -0.25) is 9.59 Å². The van der Waals surface area contributed by atoms with Crippen molar-refractivity contribution >= 4 is 22.8 Å². The number of hydrogen-bond donors (Lipinski definition) is 1. The average molecular weight is 220 g/mol. The van der Waals surface area contributed by atoms with Gasteiger partial charge >= 0.3 is 5.97 Å². The Hall–Kier alpha value is -0.550. The van der Waals surface area contributed by atoms with Crippen LogP contribution in [-0.2, 0) is 14.3 Å². The van der Waals surface area contributed by atoms with Gasteiger partial charge in [-0.1, -0.05) is 11.8 Å². The Balaban J connectivity index is 4.28. The first kappa shape index (κ1) is 13.4. The summed E-state index contributed by atoms with van der Waals surface area (Å²) >= 11 is 0.948. The van der Waals surface area contributed by atoms with Crippen LogP contribution >= 0.6 is 11.8 Å². The Morgan fingerprint density at radius 2 is 2.00 bits per heavy atom. The van der Waals surface area contributed by atoms with Gasteiger partial charge in [-0.25, -0.2) is 0 Å². The van der Waals surface area contributed by atoms with Crippen LogP contribution in [0.5, 0.6) is 0 Å². The van der Waals surface area contributed by atoms with Gasteiger partial charge in [0.05, 0.1) is 13.2 Å². The first-order valence-corrected chi connectivity index (χ1v) is 5.40. The lowest BCUT2D eigenvalue weighted by Gasteiger charge is -2.19. The Morgan fingerprint density at radius 3 is 2.43 bits per heavy atom. The highest BCUT2D eigenvalue weighted by Crippen LogP contribution is 2.25. The number of aliphatic hydroxyl groups excluding tert-OH is 1. The van der Waals surface area contributed by atoms with Crippen LogP contribution in [0.15, 0.2) is 0 Å². The Bertz CT molecular complexity index is 213. The molecule has 4 nitrogen and oxygen atoms in total. The van der Waals surface area contributed by atoms with E-state index >= 15 is 0 Å². The monoisotopic (exact) mass is 220 g/mol. The highest BCUT2D eigenvalue weighted by Gasteiger charge is 2.37. The summed E-state index contributed by atoms with van der Waals surface area (Å²) in [5.74, 6) is -0.211. The number of carbonyl (C=O) groups excluding carboxylic acids is 2. The van der Waals surface area contributed by atoms with E-state index in [1.165, 1.54) is 13.8 Å². The molecule has 0 aromatic carbocycles. The first-order valence-electron chi connectivity index (χ1n) is 4.42. The van der Waals surface area contributed by atoms with Gasteiger partial charge in [0.25, 0.3) is 0 Å². The van der Waals surface area contributed by atoms with Crippen molar-refractivity contribution in [3.8, 4) is 0 Å². The van der Waals surface area contributed by atoms with Gasteiger partial charge in [-0.05, 0) is 20.8 Å². The molecule has 82 valence electrons. The molecule has 0 amide bonds. The third-order valence-corrected chi connectivity index (χ3v) is 2.78. The molecule has 0 bridgehead atoms. The maximum Gasteiger partial charge on any atom is 0.319 e. The predicted octanol–water partition coefficient (Wildman–Crippen LogP) is 0.828. The number of carbonyl (C=O) groups is 2. The Labute approximate surface area is 88.0 Å². The second-order valence-corrected chi connectivity index (χ2v) is 4.27. The van der Waals surface area contributed by atoms with Crippen molar-refractivity contribution in [3.05, 3.63) is 0 Å². The van der Waals surface area contributed by atoms with Crippen molar-refractivity contribution < 1.29 is 19.4 Å². The van der Waals surface area contributed by atoms with Gasteiger partial charge in [0.15, 0.2) is 0 Å². The zero-order valence-electron chi connectivity index (χ0n) is 8.70. The van der Waals surface area contributed by atoms with Gasteiger partial charge < -0.3 is 9.84 Å². The van der Waals surface area contributed by atoms with E-state index in [1.54, 1.807) is 6.92 Å². The minimum Gasteiger partial charge on any atom is -0.465 e. The minimum atomic E-state index is -1.13. The molecule has 0 rings (SSSR count). The SMILES string of the molecule is CCOC(=O)C(C)(C)C(=O)SCCO. The normalized spacial score (nSPS) is 11.1. The third-order valence-electron chi connectivity index (χ3n) is 1.62. The lowest BCUT2D eigenvalue weighted by atomic mass is 9.96. The standard InChI is InChI=1S/C9H16O4S/c1-4-13-7(11)9(2,3)8(12)14-6-5-10/h10H,4-6H2,1-3H3. The van der Waals surface area contributed by atoms with Crippen LogP contribution in [0, 0.1) is 5.41 Å². The van der Waals surface area contributed by atoms with Crippen LogP contribution in [0.4, 0.5) is 0 Å². The molecule has 0 aliphatic carbocycles. The van der Waals surface area contributed by atoms with E-state index in [-0.39, 0.29) is 18.3 Å². The number of thioether (sulfide) groups is 1. The molecule has 0 radical (unpaired) electrons. The second kappa shape index (κ2) is 6.03. The van der Waals surface area contributed by atoms with Gasteiger partial charge in [0.2, 0.25) is 5.12 Å². The molecule has 1 N–H and O–H groups in total. The van der Waals surface area contributed by atoms with Crippen molar-refractivity contribution in [2.75, 3.05) is 19.0 Å². The summed E-state index contributed by atoms with van der Waals surface area (Å²) in [6.45, 7) is 4.93. The van der Waals surface area contributed by atoms with Crippen molar-refractivity contribution in [2.45, 2.75) is 20.8 Å². The van der Waals surface area contributed by atoms with Crippen molar-refractivity contribution in [1.29, 1.82) is 0 Å². The molecule has 5 heteroatoms. The second-order valence-electron chi connectivity index (χ2n) is 3.20. The molecular formula is C9H16O4S. The summed E-state index contributed by atoms with van der Waals surface area (Å²) in [6.07, 6.45) is 0. The number of rotatable bonds is 5. The highest BCUT2D eigenvalue weighted by atomic mass is 32.2. The van der Waals surface area contributed by atoms with Crippen LogP contribution < -0.4 is 0 Å². The zero-order valence-corrected chi connectivity index (χ0v) is 9.52. The highest BCUT2D eigenvalue weighted by molar-refractivity contribution is 8.13. The molecule has 0 saturated heterocycles. The summed E-state index contributed by atoms with van der Waals surface area (Å²) in [6, 6.07) is 0. The molecule has 0 spiro atoms. The smallest absolute Gasteiger partial charge is 0.319 e. The van der Waals surface area contributed by atoms with E-state index in [0.717, 1.165) is 11.8 Å². The summed E-state index contributed by atoms with van der Waals surface area (Å²) in [5.41, 5.74) is -1.13. The summed E-state index contributed by atoms with van der Waals surface area (Å²) in [7, 11) is 0. The van der Waals surface area contributed by atoms with Gasteiger partial charge in [-0.15, -0.1) is 0 Å². The molecule has 0 fully saturated rings. The van der Waals surface area contributed by atoms with E-state index in [0.29, 0.717) is 5.75 Å². The van der Waals surface area contributed by atoms with Gasteiger partial charge in [0.1, 0.15) is 5.41 Å². The van der Waals surface area contributed by atoms with E-state index in [1.807, 2.05) is 0 Å². The molecule has 0 saturated carbocycles. The molecule has 0 aromatic rings. The third kappa shape index (κ3) is 3.67. The number of hydrogen-bond acceptors (Lipinski definition) is 5. The van der Waals surface area contributed by atoms with Gasteiger partial charge in [-0.2, -0.15) is 0 Å². The summed E-state index contributed by atoms with van der Waals surface area (Å²) < 4.78 is 4.77. The molecule has 0 atom stereocenters. The maximum absolute atomic E-state index is 11.5. The fourth-order valence-corrected chi connectivity index (χ4v) is 1.43. The van der Waals surface area contributed by atoms with Gasteiger partial charge in [0, 0.05) is 5.75 Å². The van der Waals surface area contributed by atoms with Crippen LogP contribution in [0.25, 0.3) is 0 Å². The number of aliphatic hydroxyl groups is 1. The molecule has 0 aliphatic heterocycles. The zero-order chi connectivity index (χ0) is 11.2. The van der Waals surface area contributed by atoms with Crippen LogP contribution in [0.1, 0.15) is 20.8 Å². The molecule has 14 heavy (non-hydrogen) atoms. The fraction of sp³-hybridized carbons (Fsp3) is 0.778. The predicted molar refractivity (Wildman–Crippen MR) is 55.0 cm³/mol. The quantitative estimate of drug-likeness (QED) is 0.549. The molecule has 0 heterocycles. The van der Waals surface area contributed by atoms with Crippen molar-refractivity contribution in [1.82, 2.24) is 0 Å². The van der Waals surface area contributed by atoms with Crippen LogP contribution in [-0.4, -0.2) is 35.2 Å². The van der Waals surface area contributed by atoms with E-state index < -0.39 is 11.4 Å². The fourth-order valence-electron chi connectivity index (χ4n) is 0.714. The molecule has 0 aliphatic rings. The van der Waals surface area contributed by atoms with Crippen LogP contribution in [0.3, 0.4) is 0 Å². The lowest BCUT2D eigenvalue weighted by Crippen LogP contribution is -2.33. The van der Waals surface area contributed by atoms with E-state index in [4.69, 9.17) is 9.84 Å². The largest absolute Gasteiger partial charge is 0.465 e. The number of esters is 1. The summed E-state index contributed by atoms with van der Waals surface area (Å²) in [5, 5.41) is 8.26. The average Bonchev–Trinajstić information content (AvgIpc) is 2.14. The van der Waals surface area contributed by atoms with Crippen molar-refractivity contribution in [2.24, 2.45) is 5.41 Å². The lowest BCUT2D eigenvalue weighted by molar-refractivity contribution is -0.155. The molecule has 0 unspecified atom stereocenters. The Morgan fingerprint density at radius 1 is 1.43 bits per heavy atom. The minimum absolute atomic E-state index is 0.0741. The maximum atomic E-state index is 11.5. The van der Waals surface area contributed by atoms with Crippen molar-refractivity contribution in [3.63, 3.8) is 0 Å². The Kier molecular flexibility index (Phi) is 5.79. The molecule has 0 aromatic heterocycles. The van der Waals surface area contributed by atoms with Crippen LogP contribution in [0.2, 0.25) is 0 Å². The molecular weight excluding hydrogens is 204 g/mol. The van der Waals surface area contributed by atoms with E-state index in [2.05, 4.69) is 0 Å². The first-order chi connectivity index (χ1) is 6.46. The van der Waals surface area contributed by atoms with E-state index in [9.17, 15) is 9.59 Å². The summed E-state index contributed by atoms with van der Waals surface area (Å²) in [4.78, 5) is 22.8.